The first-order valence-electron chi connectivity index (χ1n) is 7.04. The summed E-state index contributed by atoms with van der Waals surface area (Å²) in [7, 11) is 0. The topological polar surface area (TPSA) is 62.2 Å². The van der Waals surface area contributed by atoms with E-state index in [2.05, 4.69) is 24.1 Å². The molecule has 110 valence electrons. The van der Waals surface area contributed by atoms with Crippen LogP contribution in [-0.2, 0) is 0 Å². The molecule has 1 aromatic carbocycles. The van der Waals surface area contributed by atoms with E-state index in [4.69, 9.17) is 0 Å². The molecule has 0 fully saturated rings. The van der Waals surface area contributed by atoms with Crippen molar-refractivity contribution >= 4 is 5.91 Å². The molecule has 4 heteroatoms. The van der Waals surface area contributed by atoms with Gasteiger partial charge in [-0.3, -0.25) is 9.78 Å². The predicted octanol–water partition coefficient (Wildman–Crippen LogP) is 2.67. The van der Waals surface area contributed by atoms with Crippen molar-refractivity contribution in [1.29, 1.82) is 0 Å². The number of benzene rings is 1. The number of carbonyl (C=O) groups is 1. The van der Waals surface area contributed by atoms with Crippen LogP contribution in [0.15, 0.2) is 48.8 Å². The molecule has 0 bridgehead atoms. The first-order valence-corrected chi connectivity index (χ1v) is 7.04. The van der Waals surface area contributed by atoms with Crippen molar-refractivity contribution in [3.8, 4) is 0 Å². The Bertz CT molecular complexity index is 579. The SMILES string of the molecule is CC(C)c1ccc(C(O)CNC(=O)c2cccnc2)cc1. The molecule has 0 saturated heterocycles. The van der Waals surface area contributed by atoms with Crippen molar-refractivity contribution < 1.29 is 9.90 Å². The van der Waals surface area contributed by atoms with Crippen molar-refractivity contribution in [2.45, 2.75) is 25.9 Å². The van der Waals surface area contributed by atoms with Crippen molar-refractivity contribution in [2.75, 3.05) is 6.54 Å². The van der Waals surface area contributed by atoms with Gasteiger partial charge < -0.3 is 10.4 Å². The molecule has 2 N–H and O–H groups in total. The summed E-state index contributed by atoms with van der Waals surface area (Å²) in [6.45, 7) is 4.42. The van der Waals surface area contributed by atoms with Gasteiger partial charge in [0.1, 0.15) is 0 Å². The number of aromatic nitrogens is 1. The molecule has 1 amide bonds. The third-order valence-corrected chi connectivity index (χ3v) is 3.37. The summed E-state index contributed by atoms with van der Waals surface area (Å²) in [5.74, 6) is 0.224. The van der Waals surface area contributed by atoms with E-state index in [9.17, 15) is 9.90 Å². The number of hydrogen-bond donors (Lipinski definition) is 2. The quantitative estimate of drug-likeness (QED) is 0.887. The van der Waals surface area contributed by atoms with E-state index in [0.29, 0.717) is 11.5 Å². The average molecular weight is 284 g/mol. The number of nitrogens with zero attached hydrogens (tertiary/aromatic N) is 1. The minimum Gasteiger partial charge on any atom is -0.387 e. The molecule has 1 atom stereocenters. The molecule has 1 aromatic heterocycles. The molecular weight excluding hydrogens is 264 g/mol. The van der Waals surface area contributed by atoms with Gasteiger partial charge in [0.05, 0.1) is 11.7 Å². The maximum atomic E-state index is 11.9. The van der Waals surface area contributed by atoms with E-state index in [-0.39, 0.29) is 12.5 Å². The summed E-state index contributed by atoms with van der Waals surface area (Å²) in [4.78, 5) is 15.8. The van der Waals surface area contributed by atoms with E-state index in [0.717, 1.165) is 5.56 Å². The summed E-state index contributed by atoms with van der Waals surface area (Å²) in [5, 5.41) is 12.8. The Labute approximate surface area is 124 Å². The number of rotatable bonds is 5. The molecule has 0 radical (unpaired) electrons. The lowest BCUT2D eigenvalue weighted by atomic mass is 10.00. The molecule has 0 spiro atoms. The van der Waals surface area contributed by atoms with Crippen molar-refractivity contribution in [2.24, 2.45) is 0 Å². The summed E-state index contributed by atoms with van der Waals surface area (Å²) in [6.07, 6.45) is 2.40. The third kappa shape index (κ3) is 4.13. The lowest BCUT2D eigenvalue weighted by molar-refractivity contribution is 0.0916. The number of nitrogens with one attached hydrogen (secondary N) is 1. The van der Waals surface area contributed by atoms with Crippen LogP contribution in [0.1, 0.15) is 47.4 Å². The van der Waals surface area contributed by atoms with Gasteiger partial charge in [-0.05, 0) is 29.2 Å². The molecule has 2 rings (SSSR count). The van der Waals surface area contributed by atoms with Gasteiger partial charge in [-0.1, -0.05) is 38.1 Å². The van der Waals surface area contributed by atoms with E-state index in [1.54, 1.807) is 18.3 Å². The minimum absolute atomic E-state index is 0.175. The highest BCUT2D eigenvalue weighted by Crippen LogP contribution is 2.18. The normalized spacial score (nSPS) is 12.2. The van der Waals surface area contributed by atoms with Crippen LogP contribution in [0.3, 0.4) is 0 Å². The minimum atomic E-state index is -0.716. The summed E-state index contributed by atoms with van der Waals surface area (Å²) in [6, 6.07) is 11.2. The summed E-state index contributed by atoms with van der Waals surface area (Å²) < 4.78 is 0. The first-order chi connectivity index (χ1) is 10.1. The van der Waals surface area contributed by atoms with Crippen LogP contribution in [0.4, 0.5) is 0 Å². The third-order valence-electron chi connectivity index (χ3n) is 3.37. The second-order valence-electron chi connectivity index (χ2n) is 5.29. The van der Waals surface area contributed by atoms with E-state index >= 15 is 0 Å². The standard InChI is InChI=1S/C17H20N2O2/c1-12(2)13-5-7-14(8-6-13)16(20)11-19-17(21)15-4-3-9-18-10-15/h3-10,12,16,20H,11H2,1-2H3,(H,19,21). The molecular formula is C17H20N2O2. The zero-order valence-corrected chi connectivity index (χ0v) is 12.3. The molecule has 1 heterocycles. The van der Waals surface area contributed by atoms with E-state index < -0.39 is 6.10 Å². The van der Waals surface area contributed by atoms with Crippen LogP contribution < -0.4 is 5.32 Å². The number of carbonyl (C=O) groups excluding carboxylic acids is 1. The Hall–Kier alpha value is -2.20. The van der Waals surface area contributed by atoms with Gasteiger partial charge in [0.2, 0.25) is 0 Å². The number of amides is 1. The molecule has 1 unspecified atom stereocenters. The number of aliphatic hydroxyl groups is 1. The Morgan fingerprint density at radius 1 is 1.19 bits per heavy atom. The second kappa shape index (κ2) is 6.99. The van der Waals surface area contributed by atoms with Gasteiger partial charge in [-0.15, -0.1) is 0 Å². The van der Waals surface area contributed by atoms with Crippen molar-refractivity contribution in [3.05, 3.63) is 65.5 Å². The zero-order chi connectivity index (χ0) is 15.2. The van der Waals surface area contributed by atoms with Crippen LogP contribution in [0.5, 0.6) is 0 Å². The predicted molar refractivity (Wildman–Crippen MR) is 82.1 cm³/mol. The van der Waals surface area contributed by atoms with Gasteiger partial charge in [-0.25, -0.2) is 0 Å². The van der Waals surface area contributed by atoms with E-state index in [1.807, 2.05) is 24.3 Å². The largest absolute Gasteiger partial charge is 0.387 e. The lowest BCUT2D eigenvalue weighted by Crippen LogP contribution is -2.28. The van der Waals surface area contributed by atoms with Crippen molar-refractivity contribution in [1.82, 2.24) is 10.3 Å². The molecule has 0 aliphatic heterocycles. The molecule has 21 heavy (non-hydrogen) atoms. The monoisotopic (exact) mass is 284 g/mol. The van der Waals surface area contributed by atoms with Crippen LogP contribution in [-0.4, -0.2) is 22.5 Å². The Kier molecular flexibility index (Phi) is 5.06. The molecule has 0 aliphatic carbocycles. The van der Waals surface area contributed by atoms with Crippen LogP contribution in [0, 0.1) is 0 Å². The maximum absolute atomic E-state index is 11.9. The highest BCUT2D eigenvalue weighted by atomic mass is 16.3. The highest BCUT2D eigenvalue weighted by Gasteiger charge is 2.11. The van der Waals surface area contributed by atoms with Crippen LogP contribution in [0.2, 0.25) is 0 Å². The van der Waals surface area contributed by atoms with E-state index in [1.165, 1.54) is 11.8 Å². The second-order valence-corrected chi connectivity index (χ2v) is 5.29. The van der Waals surface area contributed by atoms with Gasteiger partial charge in [0.15, 0.2) is 0 Å². The smallest absolute Gasteiger partial charge is 0.252 e. The van der Waals surface area contributed by atoms with Gasteiger partial charge in [-0.2, -0.15) is 0 Å². The van der Waals surface area contributed by atoms with Crippen molar-refractivity contribution in [3.63, 3.8) is 0 Å². The molecule has 4 nitrogen and oxygen atoms in total. The van der Waals surface area contributed by atoms with Gasteiger partial charge in [0, 0.05) is 18.9 Å². The number of hydrogen-bond acceptors (Lipinski definition) is 3. The summed E-state index contributed by atoms with van der Waals surface area (Å²) >= 11 is 0. The lowest BCUT2D eigenvalue weighted by Gasteiger charge is -2.13. The number of aliphatic hydroxyl groups excluding tert-OH is 1. The fourth-order valence-electron chi connectivity index (χ4n) is 2.01. The van der Waals surface area contributed by atoms with Gasteiger partial charge in [0.25, 0.3) is 5.91 Å². The maximum Gasteiger partial charge on any atom is 0.252 e. The molecule has 0 saturated carbocycles. The zero-order valence-electron chi connectivity index (χ0n) is 12.3. The van der Waals surface area contributed by atoms with Gasteiger partial charge >= 0.3 is 0 Å². The first kappa shape index (κ1) is 15.2. The average Bonchev–Trinajstić information content (AvgIpc) is 2.53. The number of pyridine rings is 1. The Morgan fingerprint density at radius 3 is 2.43 bits per heavy atom. The van der Waals surface area contributed by atoms with Crippen LogP contribution in [0.25, 0.3) is 0 Å². The fourth-order valence-corrected chi connectivity index (χ4v) is 2.01. The fraction of sp³-hybridized carbons (Fsp3) is 0.294. The molecule has 2 aromatic rings. The Morgan fingerprint density at radius 2 is 1.86 bits per heavy atom. The Balaban J connectivity index is 1.92. The molecule has 0 aliphatic rings. The van der Waals surface area contributed by atoms with Crippen LogP contribution >= 0.6 is 0 Å². The summed E-state index contributed by atoms with van der Waals surface area (Å²) in [5.41, 5.74) is 2.51. The highest BCUT2D eigenvalue weighted by molar-refractivity contribution is 5.93.